The summed E-state index contributed by atoms with van der Waals surface area (Å²) in [5.41, 5.74) is 1.15. The zero-order valence-electron chi connectivity index (χ0n) is 22.2. The van der Waals surface area contributed by atoms with E-state index in [9.17, 15) is 17.6 Å². The molecular formula is C32H36F4O2. The Bertz CT molecular complexity index is 1200. The molecule has 3 aromatic carbocycles. The van der Waals surface area contributed by atoms with Crippen LogP contribution in [-0.4, -0.2) is 6.61 Å². The lowest BCUT2D eigenvalue weighted by Gasteiger charge is -2.27. The Kier molecular flexibility index (Phi) is 9.70. The van der Waals surface area contributed by atoms with E-state index >= 15 is 0 Å². The van der Waals surface area contributed by atoms with Gasteiger partial charge in [-0.25, -0.2) is 13.2 Å². The molecule has 1 fully saturated rings. The first kappa shape index (κ1) is 28.0. The van der Waals surface area contributed by atoms with Crippen molar-refractivity contribution in [3.63, 3.8) is 0 Å². The van der Waals surface area contributed by atoms with E-state index in [2.05, 4.69) is 13.8 Å². The van der Waals surface area contributed by atoms with Crippen LogP contribution in [0, 0.1) is 29.2 Å². The molecule has 1 aliphatic rings. The highest BCUT2D eigenvalue weighted by atomic mass is 19.2. The highest BCUT2D eigenvalue weighted by molar-refractivity contribution is 5.66. The number of ether oxygens (including phenoxy) is 2. The fourth-order valence-electron chi connectivity index (χ4n) is 5.07. The Hall–Kier alpha value is -3.02. The topological polar surface area (TPSA) is 18.5 Å². The number of halogens is 4. The van der Waals surface area contributed by atoms with Crippen molar-refractivity contribution in [1.82, 2.24) is 0 Å². The van der Waals surface area contributed by atoms with Crippen molar-refractivity contribution < 1.29 is 27.0 Å². The van der Waals surface area contributed by atoms with E-state index in [1.54, 1.807) is 36.4 Å². The van der Waals surface area contributed by atoms with Crippen LogP contribution in [0.1, 0.15) is 82.3 Å². The minimum absolute atomic E-state index is 0.0554. The third kappa shape index (κ3) is 6.69. The molecule has 0 unspecified atom stereocenters. The summed E-state index contributed by atoms with van der Waals surface area (Å²) in [5.74, 6) is -2.65. The molecule has 0 bridgehead atoms. The normalized spacial score (nSPS) is 17.4. The van der Waals surface area contributed by atoms with Crippen LogP contribution in [0.15, 0.2) is 48.5 Å². The molecule has 0 atom stereocenters. The molecule has 2 nitrogen and oxygen atoms in total. The Labute approximate surface area is 223 Å². The van der Waals surface area contributed by atoms with Gasteiger partial charge in [-0.05, 0) is 66.5 Å². The van der Waals surface area contributed by atoms with Gasteiger partial charge in [-0.15, -0.1) is 0 Å². The second-order valence-electron chi connectivity index (χ2n) is 10.4. The van der Waals surface area contributed by atoms with E-state index in [1.807, 2.05) is 0 Å². The van der Waals surface area contributed by atoms with Crippen molar-refractivity contribution in [2.24, 2.45) is 5.92 Å². The highest BCUT2D eigenvalue weighted by Gasteiger charge is 2.25. The van der Waals surface area contributed by atoms with Gasteiger partial charge in [-0.2, -0.15) is 4.39 Å². The zero-order chi connectivity index (χ0) is 27.1. The van der Waals surface area contributed by atoms with Gasteiger partial charge in [0.15, 0.2) is 23.2 Å². The molecule has 0 aliphatic heterocycles. The summed E-state index contributed by atoms with van der Waals surface area (Å²) in [6, 6.07) is 12.6. The molecule has 0 heterocycles. The Morgan fingerprint density at radius 2 is 1.45 bits per heavy atom. The molecule has 4 rings (SSSR count). The van der Waals surface area contributed by atoms with Crippen molar-refractivity contribution in [1.29, 1.82) is 0 Å². The summed E-state index contributed by atoms with van der Waals surface area (Å²) in [7, 11) is 0. The molecule has 0 amide bonds. The van der Waals surface area contributed by atoms with E-state index in [1.165, 1.54) is 12.1 Å². The Morgan fingerprint density at radius 1 is 0.711 bits per heavy atom. The smallest absolute Gasteiger partial charge is 0.201 e. The summed E-state index contributed by atoms with van der Waals surface area (Å²) < 4.78 is 70.0. The molecule has 0 aromatic heterocycles. The number of hydrogen-bond donors (Lipinski definition) is 0. The van der Waals surface area contributed by atoms with E-state index in [4.69, 9.17) is 9.47 Å². The van der Waals surface area contributed by atoms with E-state index in [0.717, 1.165) is 51.4 Å². The predicted molar refractivity (Wildman–Crippen MR) is 142 cm³/mol. The van der Waals surface area contributed by atoms with Crippen LogP contribution in [0.4, 0.5) is 17.6 Å². The lowest BCUT2D eigenvalue weighted by atomic mass is 9.79. The van der Waals surface area contributed by atoms with Crippen LogP contribution in [0.2, 0.25) is 0 Å². The average molecular weight is 529 g/mol. The van der Waals surface area contributed by atoms with Crippen LogP contribution >= 0.6 is 0 Å². The minimum Gasteiger partial charge on any atom is -0.490 e. The van der Waals surface area contributed by atoms with Crippen LogP contribution in [-0.2, 0) is 6.61 Å². The maximum atomic E-state index is 14.8. The molecule has 1 saturated carbocycles. The van der Waals surface area contributed by atoms with Gasteiger partial charge in [0.2, 0.25) is 5.82 Å². The average Bonchev–Trinajstić information content (AvgIpc) is 2.93. The lowest BCUT2D eigenvalue weighted by molar-refractivity contribution is 0.285. The van der Waals surface area contributed by atoms with Crippen molar-refractivity contribution >= 4 is 0 Å². The van der Waals surface area contributed by atoms with Crippen LogP contribution in [0.25, 0.3) is 11.1 Å². The van der Waals surface area contributed by atoms with Crippen molar-refractivity contribution in [3.05, 3.63) is 82.9 Å². The van der Waals surface area contributed by atoms with Gasteiger partial charge in [-0.1, -0.05) is 70.2 Å². The SMILES string of the molecule is CCCCCCOc1ccc(-c2ccc(OCc3ccc(C4CCC(C)CC4)c(F)c3F)cc2)c(F)c1F. The molecule has 0 saturated heterocycles. The van der Waals surface area contributed by atoms with Crippen LogP contribution in [0.3, 0.4) is 0 Å². The second kappa shape index (κ2) is 13.2. The van der Waals surface area contributed by atoms with Gasteiger partial charge in [-0.3, -0.25) is 0 Å². The molecular weight excluding hydrogens is 492 g/mol. The monoisotopic (exact) mass is 528 g/mol. The molecule has 6 heteroatoms. The summed E-state index contributed by atoms with van der Waals surface area (Å²) in [6.07, 6.45) is 7.75. The maximum absolute atomic E-state index is 14.8. The molecule has 204 valence electrons. The van der Waals surface area contributed by atoms with Crippen molar-refractivity contribution in [2.75, 3.05) is 6.61 Å². The number of hydrogen-bond acceptors (Lipinski definition) is 2. The molecule has 0 radical (unpaired) electrons. The third-order valence-electron chi connectivity index (χ3n) is 7.51. The maximum Gasteiger partial charge on any atom is 0.201 e. The van der Waals surface area contributed by atoms with Gasteiger partial charge >= 0.3 is 0 Å². The lowest BCUT2D eigenvalue weighted by Crippen LogP contribution is -2.13. The van der Waals surface area contributed by atoms with Gasteiger partial charge < -0.3 is 9.47 Å². The molecule has 0 spiro atoms. The van der Waals surface area contributed by atoms with Crippen LogP contribution < -0.4 is 9.47 Å². The summed E-state index contributed by atoms with van der Waals surface area (Å²) in [6.45, 7) is 4.49. The van der Waals surface area contributed by atoms with Crippen LogP contribution in [0.5, 0.6) is 11.5 Å². The van der Waals surface area contributed by atoms with Gasteiger partial charge in [0.25, 0.3) is 0 Å². The summed E-state index contributed by atoms with van der Waals surface area (Å²) in [5, 5.41) is 0. The second-order valence-corrected chi connectivity index (χ2v) is 10.4. The van der Waals surface area contributed by atoms with Gasteiger partial charge in [0.05, 0.1) is 6.61 Å². The number of rotatable bonds is 11. The molecule has 0 N–H and O–H groups in total. The third-order valence-corrected chi connectivity index (χ3v) is 7.51. The highest BCUT2D eigenvalue weighted by Crippen LogP contribution is 2.37. The largest absolute Gasteiger partial charge is 0.490 e. The summed E-state index contributed by atoms with van der Waals surface area (Å²) >= 11 is 0. The number of benzene rings is 3. The Balaban J connectivity index is 1.37. The summed E-state index contributed by atoms with van der Waals surface area (Å²) in [4.78, 5) is 0. The van der Waals surface area contributed by atoms with E-state index in [-0.39, 0.29) is 29.4 Å². The first-order valence-corrected chi connectivity index (χ1v) is 13.7. The standard InChI is InChI=1S/C32H36F4O2/c1-3-4-5-6-19-37-28-18-17-27(31(35)32(28)36)23-11-14-25(15-12-23)38-20-24-13-16-26(30(34)29(24)33)22-9-7-21(2)8-10-22/h11-18,21-22H,3-10,19-20H2,1-2H3. The fourth-order valence-corrected chi connectivity index (χ4v) is 5.07. The zero-order valence-corrected chi connectivity index (χ0v) is 22.2. The Morgan fingerprint density at radius 3 is 2.16 bits per heavy atom. The number of unbranched alkanes of at least 4 members (excludes halogenated alkanes) is 3. The van der Waals surface area contributed by atoms with Gasteiger partial charge in [0, 0.05) is 11.1 Å². The first-order chi connectivity index (χ1) is 18.4. The van der Waals surface area contributed by atoms with Crippen molar-refractivity contribution in [2.45, 2.75) is 77.7 Å². The van der Waals surface area contributed by atoms with E-state index < -0.39 is 23.3 Å². The molecule has 3 aromatic rings. The van der Waals surface area contributed by atoms with Crippen molar-refractivity contribution in [3.8, 4) is 22.6 Å². The predicted octanol–water partition coefficient (Wildman–Crippen LogP) is 9.74. The quantitative estimate of drug-likeness (QED) is 0.182. The minimum atomic E-state index is -1.01. The fraction of sp³-hybridized carbons (Fsp3) is 0.438. The molecule has 1 aliphatic carbocycles. The first-order valence-electron chi connectivity index (χ1n) is 13.7. The van der Waals surface area contributed by atoms with Gasteiger partial charge in [0.1, 0.15) is 12.4 Å². The molecule has 38 heavy (non-hydrogen) atoms. The van der Waals surface area contributed by atoms with E-state index in [0.29, 0.717) is 29.4 Å².